The lowest BCUT2D eigenvalue weighted by atomic mass is 10.0. The number of piperazine rings is 1. The molecular formula is C26H30N8O2S. The number of aromatic nitrogens is 4. The summed E-state index contributed by atoms with van der Waals surface area (Å²) in [4.78, 5) is 16.1. The van der Waals surface area contributed by atoms with Gasteiger partial charge in [-0.3, -0.25) is 4.31 Å². The fourth-order valence-corrected chi connectivity index (χ4v) is 5.86. The molecule has 192 valence electrons. The van der Waals surface area contributed by atoms with E-state index in [1.807, 2.05) is 22.9 Å². The van der Waals surface area contributed by atoms with Crippen molar-refractivity contribution in [1.29, 1.82) is 0 Å². The molecule has 3 aromatic heterocycles. The minimum atomic E-state index is -3.44. The lowest BCUT2D eigenvalue weighted by Crippen LogP contribution is -2.43. The van der Waals surface area contributed by atoms with Crippen LogP contribution >= 0.6 is 0 Å². The molecule has 0 aliphatic carbocycles. The molecule has 4 aromatic rings. The first-order chi connectivity index (χ1) is 17.8. The molecule has 2 aliphatic rings. The van der Waals surface area contributed by atoms with Crippen molar-refractivity contribution < 1.29 is 8.42 Å². The highest BCUT2D eigenvalue weighted by Gasteiger charge is 2.43. The van der Waals surface area contributed by atoms with Gasteiger partial charge in [0, 0.05) is 73.1 Å². The molecule has 37 heavy (non-hydrogen) atoms. The SMILES string of the molecule is CC1C2CN(c3ccc(Nc4ncc5ccn(Cc6cccnc6N(C)S(C)(=O)=O)c5n4)cc3)C1CN2. The molecule has 2 fully saturated rings. The number of hydrogen-bond donors (Lipinski definition) is 2. The van der Waals surface area contributed by atoms with Gasteiger partial charge >= 0.3 is 0 Å². The first kappa shape index (κ1) is 23.7. The molecule has 2 bridgehead atoms. The number of sulfonamides is 1. The van der Waals surface area contributed by atoms with Crippen molar-refractivity contribution in [1.82, 2.24) is 24.8 Å². The number of anilines is 4. The zero-order valence-corrected chi connectivity index (χ0v) is 21.9. The van der Waals surface area contributed by atoms with E-state index in [0.29, 0.717) is 36.3 Å². The summed E-state index contributed by atoms with van der Waals surface area (Å²) >= 11 is 0. The lowest BCUT2D eigenvalue weighted by Gasteiger charge is -2.30. The summed E-state index contributed by atoms with van der Waals surface area (Å²) in [6.07, 6.45) is 6.48. The van der Waals surface area contributed by atoms with Crippen molar-refractivity contribution in [3.8, 4) is 0 Å². The number of benzene rings is 1. The van der Waals surface area contributed by atoms with Crippen LogP contribution in [0.15, 0.2) is 61.1 Å². The summed E-state index contributed by atoms with van der Waals surface area (Å²) in [5.74, 6) is 1.57. The van der Waals surface area contributed by atoms with Crippen LogP contribution in [0.1, 0.15) is 12.5 Å². The molecule has 0 saturated carbocycles. The van der Waals surface area contributed by atoms with E-state index in [9.17, 15) is 8.42 Å². The predicted molar refractivity (Wildman–Crippen MR) is 146 cm³/mol. The van der Waals surface area contributed by atoms with Crippen LogP contribution in [-0.2, 0) is 16.6 Å². The normalized spacial score (nSPS) is 21.1. The van der Waals surface area contributed by atoms with Gasteiger partial charge in [-0.15, -0.1) is 0 Å². The molecule has 10 nitrogen and oxygen atoms in total. The van der Waals surface area contributed by atoms with E-state index in [1.165, 1.54) is 23.3 Å². The maximum Gasteiger partial charge on any atom is 0.233 e. The van der Waals surface area contributed by atoms with E-state index < -0.39 is 10.0 Å². The van der Waals surface area contributed by atoms with Crippen molar-refractivity contribution in [2.45, 2.75) is 25.6 Å². The first-order valence-corrected chi connectivity index (χ1v) is 14.2. The second-order valence-corrected chi connectivity index (χ2v) is 11.9. The van der Waals surface area contributed by atoms with Crippen molar-refractivity contribution in [2.75, 3.05) is 40.9 Å². The van der Waals surface area contributed by atoms with Gasteiger partial charge in [-0.25, -0.2) is 18.4 Å². The van der Waals surface area contributed by atoms with E-state index in [2.05, 4.69) is 56.7 Å². The summed E-state index contributed by atoms with van der Waals surface area (Å²) in [6.45, 7) is 4.84. The topological polar surface area (TPSA) is 108 Å². The highest BCUT2D eigenvalue weighted by Crippen LogP contribution is 2.34. The Balaban J connectivity index is 1.22. The largest absolute Gasteiger partial charge is 0.365 e. The van der Waals surface area contributed by atoms with E-state index in [-0.39, 0.29) is 0 Å². The molecule has 0 amide bonds. The average Bonchev–Trinajstić information content (AvgIpc) is 3.55. The number of rotatable bonds is 7. The fourth-order valence-electron chi connectivity index (χ4n) is 5.38. The standard InChI is InChI=1S/C26H30N8O2S/c1-17-22-16-34(23(17)14-28-22)21-8-6-20(7-9-21)30-26-29-13-18-10-12-33(25(18)31-26)15-19-5-4-11-27-24(19)32(2)37(3,35)36/h4-13,17,22-23,28H,14-16H2,1-3H3,(H,29,30,31). The summed E-state index contributed by atoms with van der Waals surface area (Å²) in [6, 6.07) is 15.2. The number of hydrogen-bond acceptors (Lipinski definition) is 8. The molecule has 2 N–H and O–H groups in total. The minimum absolute atomic E-state index is 0.399. The van der Waals surface area contributed by atoms with Crippen LogP contribution in [0.3, 0.4) is 0 Å². The highest BCUT2D eigenvalue weighted by molar-refractivity contribution is 7.92. The van der Waals surface area contributed by atoms with Crippen molar-refractivity contribution >= 4 is 44.2 Å². The molecule has 3 unspecified atom stereocenters. The van der Waals surface area contributed by atoms with Crippen LogP contribution in [0.5, 0.6) is 0 Å². The van der Waals surface area contributed by atoms with Gasteiger partial charge in [0.15, 0.2) is 0 Å². The van der Waals surface area contributed by atoms with Gasteiger partial charge in [-0.1, -0.05) is 13.0 Å². The lowest BCUT2D eigenvalue weighted by molar-refractivity contribution is 0.549. The van der Waals surface area contributed by atoms with Crippen LogP contribution in [0.4, 0.5) is 23.1 Å². The molecular weight excluding hydrogens is 488 g/mol. The van der Waals surface area contributed by atoms with Crippen LogP contribution < -0.4 is 19.8 Å². The van der Waals surface area contributed by atoms with Crippen LogP contribution in [0.25, 0.3) is 11.0 Å². The molecule has 0 spiro atoms. The van der Waals surface area contributed by atoms with Gasteiger partial charge in [0.2, 0.25) is 16.0 Å². The second kappa shape index (κ2) is 9.00. The predicted octanol–water partition coefficient (Wildman–Crippen LogP) is 2.81. The zero-order chi connectivity index (χ0) is 25.7. The van der Waals surface area contributed by atoms with E-state index in [4.69, 9.17) is 4.98 Å². The van der Waals surface area contributed by atoms with Crippen LogP contribution in [0, 0.1) is 5.92 Å². The van der Waals surface area contributed by atoms with Crippen LogP contribution in [0.2, 0.25) is 0 Å². The van der Waals surface area contributed by atoms with E-state index >= 15 is 0 Å². The fraction of sp³-hybridized carbons (Fsp3) is 0.346. The van der Waals surface area contributed by atoms with E-state index in [1.54, 1.807) is 18.5 Å². The molecule has 1 aromatic carbocycles. The molecule has 6 rings (SSSR count). The van der Waals surface area contributed by atoms with Gasteiger partial charge in [0.25, 0.3) is 0 Å². The number of nitrogens with zero attached hydrogens (tertiary/aromatic N) is 6. The maximum absolute atomic E-state index is 12.1. The summed E-state index contributed by atoms with van der Waals surface area (Å²) in [5, 5.41) is 7.81. The molecule has 3 atom stereocenters. The Morgan fingerprint density at radius 2 is 1.97 bits per heavy atom. The summed E-state index contributed by atoms with van der Waals surface area (Å²) in [5.41, 5.74) is 3.68. The average molecular weight is 519 g/mol. The van der Waals surface area contributed by atoms with Crippen molar-refractivity contribution in [2.24, 2.45) is 5.92 Å². The van der Waals surface area contributed by atoms with Crippen molar-refractivity contribution in [3.63, 3.8) is 0 Å². The number of fused-ring (bicyclic) bond motifs is 3. The molecule has 2 saturated heterocycles. The van der Waals surface area contributed by atoms with Crippen molar-refractivity contribution in [3.05, 3.63) is 66.6 Å². The zero-order valence-electron chi connectivity index (χ0n) is 21.0. The Morgan fingerprint density at radius 1 is 1.16 bits per heavy atom. The van der Waals surface area contributed by atoms with Gasteiger partial charge in [-0.05, 0) is 42.3 Å². The second-order valence-electron chi connectivity index (χ2n) is 9.90. The van der Waals surface area contributed by atoms with Gasteiger partial charge < -0.3 is 20.1 Å². The summed E-state index contributed by atoms with van der Waals surface area (Å²) in [7, 11) is -1.93. The quantitative estimate of drug-likeness (QED) is 0.385. The molecule has 0 radical (unpaired) electrons. The maximum atomic E-state index is 12.1. The monoisotopic (exact) mass is 518 g/mol. The smallest absolute Gasteiger partial charge is 0.233 e. The third kappa shape index (κ3) is 4.38. The highest BCUT2D eigenvalue weighted by atomic mass is 32.2. The number of nitrogens with one attached hydrogen (secondary N) is 2. The van der Waals surface area contributed by atoms with Gasteiger partial charge in [0.1, 0.15) is 11.5 Å². The Bertz CT molecular complexity index is 1550. The molecule has 11 heteroatoms. The Morgan fingerprint density at radius 3 is 2.68 bits per heavy atom. The third-order valence-electron chi connectivity index (χ3n) is 7.59. The molecule has 2 aliphatic heterocycles. The molecule has 5 heterocycles. The Hall–Kier alpha value is -3.70. The van der Waals surface area contributed by atoms with E-state index in [0.717, 1.165) is 35.4 Å². The first-order valence-electron chi connectivity index (χ1n) is 12.3. The Kier molecular flexibility index (Phi) is 5.76. The Labute approximate surface area is 216 Å². The van der Waals surface area contributed by atoms with Gasteiger partial charge in [0.05, 0.1) is 12.8 Å². The summed E-state index contributed by atoms with van der Waals surface area (Å²) < 4.78 is 27.4. The minimum Gasteiger partial charge on any atom is -0.365 e. The third-order valence-corrected chi connectivity index (χ3v) is 8.75. The van der Waals surface area contributed by atoms with Crippen LogP contribution in [-0.4, -0.2) is 66.4 Å². The number of pyridine rings is 1. The van der Waals surface area contributed by atoms with Gasteiger partial charge in [-0.2, -0.15) is 4.98 Å².